The van der Waals surface area contributed by atoms with Crippen molar-refractivity contribution < 1.29 is 9.90 Å². The van der Waals surface area contributed by atoms with E-state index in [0.717, 1.165) is 30.9 Å². The Morgan fingerprint density at radius 1 is 1.37 bits per heavy atom. The Balaban J connectivity index is 2.37. The third-order valence-corrected chi connectivity index (χ3v) is 3.30. The lowest BCUT2D eigenvalue weighted by Crippen LogP contribution is -2.16. The van der Waals surface area contributed by atoms with Gasteiger partial charge >= 0.3 is 5.97 Å². The highest BCUT2D eigenvalue weighted by molar-refractivity contribution is 5.66. The third-order valence-electron chi connectivity index (χ3n) is 3.30. The van der Waals surface area contributed by atoms with E-state index in [0.29, 0.717) is 11.8 Å². The van der Waals surface area contributed by atoms with E-state index in [1.807, 2.05) is 13.0 Å². The van der Waals surface area contributed by atoms with Gasteiger partial charge in [-0.2, -0.15) is 0 Å². The highest BCUT2D eigenvalue weighted by atomic mass is 16.4. The van der Waals surface area contributed by atoms with Crippen LogP contribution in [0.3, 0.4) is 0 Å². The van der Waals surface area contributed by atoms with E-state index in [1.165, 1.54) is 0 Å². The van der Waals surface area contributed by atoms with Gasteiger partial charge in [-0.05, 0) is 31.6 Å². The van der Waals surface area contributed by atoms with Gasteiger partial charge < -0.3 is 10.4 Å². The molecule has 0 amide bonds. The van der Waals surface area contributed by atoms with Gasteiger partial charge in [0.1, 0.15) is 12.1 Å². The maximum absolute atomic E-state index is 10.6. The van der Waals surface area contributed by atoms with Crippen molar-refractivity contribution >= 4 is 11.8 Å². The average molecular weight is 265 g/mol. The molecular weight excluding hydrogens is 242 g/mol. The van der Waals surface area contributed by atoms with E-state index in [-0.39, 0.29) is 6.42 Å². The zero-order valence-electron chi connectivity index (χ0n) is 11.9. The first-order valence-corrected chi connectivity index (χ1v) is 6.73. The third kappa shape index (κ3) is 6.18. The molecule has 19 heavy (non-hydrogen) atoms. The molecule has 0 aliphatic heterocycles. The summed E-state index contributed by atoms with van der Waals surface area (Å²) in [6.45, 7) is 7.01. The van der Waals surface area contributed by atoms with Crippen LogP contribution in [0.5, 0.6) is 0 Å². The topological polar surface area (TPSA) is 75.1 Å². The van der Waals surface area contributed by atoms with E-state index in [9.17, 15) is 4.79 Å². The zero-order valence-corrected chi connectivity index (χ0v) is 11.9. The van der Waals surface area contributed by atoms with Gasteiger partial charge in [0.05, 0.1) is 0 Å². The molecule has 0 aliphatic rings. The summed E-state index contributed by atoms with van der Waals surface area (Å²) >= 11 is 0. The number of carboxylic acids is 1. The summed E-state index contributed by atoms with van der Waals surface area (Å²) < 4.78 is 0. The predicted molar refractivity (Wildman–Crippen MR) is 75.1 cm³/mol. The number of nitrogens with zero attached hydrogens (tertiary/aromatic N) is 2. The molecule has 106 valence electrons. The van der Waals surface area contributed by atoms with Gasteiger partial charge in [-0.25, -0.2) is 9.97 Å². The summed E-state index contributed by atoms with van der Waals surface area (Å²) in [5.74, 6) is 1.03. The Morgan fingerprint density at radius 2 is 2.11 bits per heavy atom. The van der Waals surface area contributed by atoms with Crippen LogP contribution in [0.25, 0.3) is 0 Å². The van der Waals surface area contributed by atoms with Gasteiger partial charge in [0.15, 0.2) is 0 Å². The Hall–Kier alpha value is -1.65. The van der Waals surface area contributed by atoms with E-state index in [2.05, 4.69) is 29.1 Å². The van der Waals surface area contributed by atoms with Crippen molar-refractivity contribution in [2.45, 2.75) is 40.0 Å². The maximum Gasteiger partial charge on any atom is 0.303 e. The molecule has 1 heterocycles. The maximum atomic E-state index is 10.6. The molecule has 2 N–H and O–H groups in total. The number of aliphatic carboxylic acids is 1. The fourth-order valence-corrected chi connectivity index (χ4v) is 2.06. The molecule has 0 saturated carbocycles. The Kier molecular flexibility index (Phi) is 6.25. The van der Waals surface area contributed by atoms with Crippen LogP contribution in [-0.4, -0.2) is 27.6 Å². The first-order chi connectivity index (χ1) is 8.99. The minimum atomic E-state index is -0.718. The van der Waals surface area contributed by atoms with Gasteiger partial charge in [-0.15, -0.1) is 0 Å². The molecule has 0 aromatic carbocycles. The second-order valence-corrected chi connectivity index (χ2v) is 5.20. The van der Waals surface area contributed by atoms with Crippen LogP contribution in [0.2, 0.25) is 0 Å². The van der Waals surface area contributed by atoms with Crippen LogP contribution in [0.1, 0.15) is 38.8 Å². The quantitative estimate of drug-likeness (QED) is 0.756. The van der Waals surface area contributed by atoms with Crippen molar-refractivity contribution in [1.82, 2.24) is 9.97 Å². The normalized spacial score (nSPS) is 12.4. The number of nitrogens with one attached hydrogen (secondary N) is 1. The number of aromatic nitrogens is 2. The molecular formula is C14H23N3O2. The molecule has 0 saturated heterocycles. The largest absolute Gasteiger partial charge is 0.481 e. The summed E-state index contributed by atoms with van der Waals surface area (Å²) in [5.41, 5.74) is 0.934. The predicted octanol–water partition coefficient (Wildman–Crippen LogP) is 2.72. The molecule has 0 radical (unpaired) electrons. The molecule has 0 spiro atoms. The fourth-order valence-electron chi connectivity index (χ4n) is 2.06. The van der Waals surface area contributed by atoms with Crippen LogP contribution >= 0.6 is 0 Å². The molecule has 0 bridgehead atoms. The highest BCUT2D eigenvalue weighted by Crippen LogP contribution is 2.21. The molecule has 1 atom stereocenters. The van der Waals surface area contributed by atoms with Crippen molar-refractivity contribution in [3.63, 3.8) is 0 Å². The van der Waals surface area contributed by atoms with Crippen LogP contribution in [0.15, 0.2) is 12.4 Å². The van der Waals surface area contributed by atoms with Crippen molar-refractivity contribution in [2.75, 3.05) is 11.9 Å². The van der Waals surface area contributed by atoms with Crippen molar-refractivity contribution in [3.8, 4) is 0 Å². The number of carboxylic acid groups (broad SMARTS) is 1. The monoisotopic (exact) mass is 265 g/mol. The van der Waals surface area contributed by atoms with Gasteiger partial charge in [0, 0.05) is 24.7 Å². The summed E-state index contributed by atoms with van der Waals surface area (Å²) in [7, 11) is 0. The second-order valence-electron chi connectivity index (χ2n) is 5.20. The highest BCUT2D eigenvalue weighted by Gasteiger charge is 2.14. The molecule has 0 fully saturated rings. The Bertz CT molecular complexity index is 407. The summed E-state index contributed by atoms with van der Waals surface area (Å²) in [4.78, 5) is 18.8. The fraction of sp³-hybridized carbons (Fsp3) is 0.643. The van der Waals surface area contributed by atoms with Crippen molar-refractivity contribution in [2.24, 2.45) is 11.8 Å². The number of rotatable bonds is 8. The van der Waals surface area contributed by atoms with Crippen molar-refractivity contribution in [3.05, 3.63) is 18.1 Å². The second kappa shape index (κ2) is 7.71. The van der Waals surface area contributed by atoms with Gasteiger partial charge in [-0.1, -0.05) is 13.8 Å². The van der Waals surface area contributed by atoms with E-state index in [1.54, 1.807) is 6.33 Å². The van der Waals surface area contributed by atoms with E-state index in [4.69, 9.17) is 5.11 Å². The number of hydrogen-bond donors (Lipinski definition) is 2. The first-order valence-electron chi connectivity index (χ1n) is 6.73. The molecule has 1 rings (SSSR count). The number of aryl methyl sites for hydroxylation is 1. The number of carbonyl (C=O) groups is 1. The van der Waals surface area contributed by atoms with Crippen molar-refractivity contribution in [1.29, 1.82) is 0 Å². The lowest BCUT2D eigenvalue weighted by molar-refractivity contribution is -0.137. The standard InChI is InChI=1S/C14H23N3O2/c1-10(2)12(4-5-14(18)19)6-7-15-13-8-11(3)16-9-17-13/h8-10,12H,4-7H2,1-3H3,(H,18,19)(H,15,16,17). The summed E-state index contributed by atoms with van der Waals surface area (Å²) in [5, 5.41) is 12.0. The Labute approximate surface area is 114 Å². The van der Waals surface area contributed by atoms with Gasteiger partial charge in [0.25, 0.3) is 0 Å². The smallest absolute Gasteiger partial charge is 0.303 e. The van der Waals surface area contributed by atoms with Crippen LogP contribution in [-0.2, 0) is 4.79 Å². The number of hydrogen-bond acceptors (Lipinski definition) is 4. The minimum Gasteiger partial charge on any atom is -0.481 e. The Morgan fingerprint density at radius 3 is 2.68 bits per heavy atom. The van der Waals surface area contributed by atoms with E-state index >= 15 is 0 Å². The van der Waals surface area contributed by atoms with Gasteiger partial charge in [0.2, 0.25) is 0 Å². The lowest BCUT2D eigenvalue weighted by atomic mass is 9.88. The molecule has 5 heteroatoms. The zero-order chi connectivity index (χ0) is 14.3. The molecule has 1 aromatic heterocycles. The average Bonchev–Trinajstić information content (AvgIpc) is 2.32. The molecule has 1 aromatic rings. The first kappa shape index (κ1) is 15.4. The van der Waals surface area contributed by atoms with Crippen LogP contribution < -0.4 is 5.32 Å². The molecule has 0 aliphatic carbocycles. The minimum absolute atomic E-state index is 0.245. The van der Waals surface area contributed by atoms with Gasteiger partial charge in [-0.3, -0.25) is 4.79 Å². The van der Waals surface area contributed by atoms with Crippen LogP contribution in [0.4, 0.5) is 5.82 Å². The van der Waals surface area contributed by atoms with Crippen LogP contribution in [0, 0.1) is 18.8 Å². The summed E-state index contributed by atoms with van der Waals surface area (Å²) in [6.07, 6.45) is 3.48. The molecule has 5 nitrogen and oxygen atoms in total. The SMILES string of the molecule is Cc1cc(NCCC(CCC(=O)O)C(C)C)ncn1. The van der Waals surface area contributed by atoms with E-state index < -0.39 is 5.97 Å². The lowest BCUT2D eigenvalue weighted by Gasteiger charge is -2.20. The summed E-state index contributed by atoms with van der Waals surface area (Å²) in [6, 6.07) is 1.90. The number of anilines is 1. The molecule has 1 unspecified atom stereocenters.